The van der Waals surface area contributed by atoms with Gasteiger partial charge in [-0.1, -0.05) is 0 Å². The Labute approximate surface area is 142 Å². The first-order valence-electron chi connectivity index (χ1n) is 6.93. The molecule has 124 valence electrons. The van der Waals surface area contributed by atoms with Crippen LogP contribution in [0.5, 0.6) is 23.0 Å². The molecule has 0 unspecified atom stereocenters. The zero-order chi connectivity index (χ0) is 16.7. The first kappa shape index (κ1) is 17.7. The largest absolute Gasteiger partial charge is 0.508 e. The van der Waals surface area contributed by atoms with Crippen LogP contribution in [0.25, 0.3) is 0 Å². The van der Waals surface area contributed by atoms with Crippen molar-refractivity contribution in [2.45, 2.75) is 9.79 Å². The number of phenols is 4. The van der Waals surface area contributed by atoms with E-state index in [-0.39, 0.29) is 23.0 Å². The van der Waals surface area contributed by atoms with Crippen LogP contribution in [0.4, 0.5) is 0 Å². The van der Waals surface area contributed by atoms with Crippen LogP contribution in [-0.2, 0) is 4.74 Å². The van der Waals surface area contributed by atoms with Crippen LogP contribution < -0.4 is 0 Å². The van der Waals surface area contributed by atoms with E-state index in [1.807, 2.05) is 0 Å². The summed E-state index contributed by atoms with van der Waals surface area (Å²) in [5.41, 5.74) is 0. The van der Waals surface area contributed by atoms with E-state index in [1.54, 1.807) is 0 Å². The number of benzene rings is 2. The van der Waals surface area contributed by atoms with Crippen LogP contribution in [0.2, 0.25) is 0 Å². The molecule has 5 nitrogen and oxygen atoms in total. The molecule has 0 aliphatic carbocycles. The van der Waals surface area contributed by atoms with Gasteiger partial charge in [0.2, 0.25) is 0 Å². The first-order valence-corrected chi connectivity index (χ1v) is 8.90. The zero-order valence-electron chi connectivity index (χ0n) is 12.3. The van der Waals surface area contributed by atoms with Gasteiger partial charge >= 0.3 is 0 Å². The van der Waals surface area contributed by atoms with Crippen molar-refractivity contribution in [2.24, 2.45) is 0 Å². The fourth-order valence-electron chi connectivity index (χ4n) is 1.76. The highest BCUT2D eigenvalue weighted by atomic mass is 32.2. The van der Waals surface area contributed by atoms with Crippen LogP contribution in [0, 0.1) is 0 Å². The van der Waals surface area contributed by atoms with Crippen molar-refractivity contribution >= 4 is 23.5 Å². The Hall–Kier alpha value is -1.70. The summed E-state index contributed by atoms with van der Waals surface area (Å²) in [7, 11) is 0. The third-order valence-corrected chi connectivity index (χ3v) is 4.87. The van der Waals surface area contributed by atoms with Gasteiger partial charge < -0.3 is 25.2 Å². The van der Waals surface area contributed by atoms with Crippen LogP contribution in [0.15, 0.2) is 46.2 Å². The second-order valence-corrected chi connectivity index (χ2v) is 6.89. The predicted molar refractivity (Wildman–Crippen MR) is 91.8 cm³/mol. The Morgan fingerprint density at radius 2 is 1.13 bits per heavy atom. The van der Waals surface area contributed by atoms with E-state index in [4.69, 9.17) is 4.74 Å². The van der Waals surface area contributed by atoms with Gasteiger partial charge in [-0.25, -0.2) is 0 Å². The number of aromatic hydroxyl groups is 4. The highest BCUT2D eigenvalue weighted by molar-refractivity contribution is 7.99. The summed E-state index contributed by atoms with van der Waals surface area (Å²) in [5.74, 6) is 1.82. The van der Waals surface area contributed by atoms with Crippen LogP contribution >= 0.6 is 23.5 Å². The van der Waals surface area contributed by atoms with E-state index >= 15 is 0 Å². The summed E-state index contributed by atoms with van der Waals surface area (Å²) in [4.78, 5) is 1.24. The fourth-order valence-corrected chi connectivity index (χ4v) is 3.44. The lowest BCUT2D eigenvalue weighted by Crippen LogP contribution is -2.01. The lowest BCUT2D eigenvalue weighted by molar-refractivity contribution is 0.167. The molecule has 2 aromatic rings. The van der Waals surface area contributed by atoms with Gasteiger partial charge in [0, 0.05) is 11.5 Å². The zero-order valence-corrected chi connectivity index (χ0v) is 13.9. The molecule has 0 aliphatic heterocycles. The molecule has 0 bridgehead atoms. The molecule has 0 saturated carbocycles. The molecule has 0 atom stereocenters. The maximum absolute atomic E-state index is 9.63. The van der Waals surface area contributed by atoms with Gasteiger partial charge in [0.1, 0.15) is 23.0 Å². The van der Waals surface area contributed by atoms with Gasteiger partial charge in [0.15, 0.2) is 0 Å². The molecule has 2 aromatic carbocycles. The first-order chi connectivity index (χ1) is 11.1. The van der Waals surface area contributed by atoms with E-state index in [0.717, 1.165) is 0 Å². The van der Waals surface area contributed by atoms with E-state index in [2.05, 4.69) is 0 Å². The van der Waals surface area contributed by atoms with Crippen LogP contribution in [0.3, 0.4) is 0 Å². The van der Waals surface area contributed by atoms with Gasteiger partial charge in [-0.2, -0.15) is 0 Å². The van der Waals surface area contributed by atoms with E-state index < -0.39 is 0 Å². The average molecular weight is 354 g/mol. The summed E-state index contributed by atoms with van der Waals surface area (Å²) >= 11 is 2.81. The van der Waals surface area contributed by atoms with Crippen LogP contribution in [-0.4, -0.2) is 45.1 Å². The van der Waals surface area contributed by atoms with Crippen molar-refractivity contribution in [3.8, 4) is 23.0 Å². The van der Waals surface area contributed by atoms with Gasteiger partial charge in [-0.05, 0) is 36.4 Å². The normalized spacial score (nSPS) is 10.8. The Balaban J connectivity index is 1.63. The SMILES string of the molecule is Oc1ccc(O)c(SCCOCCSc2cc(O)ccc2O)c1. The molecular weight excluding hydrogens is 336 g/mol. The number of thioether (sulfide) groups is 2. The van der Waals surface area contributed by atoms with Crippen molar-refractivity contribution in [3.05, 3.63) is 36.4 Å². The van der Waals surface area contributed by atoms with Crippen LogP contribution in [0.1, 0.15) is 0 Å². The van der Waals surface area contributed by atoms with Crippen molar-refractivity contribution < 1.29 is 25.2 Å². The van der Waals surface area contributed by atoms with Gasteiger partial charge in [0.05, 0.1) is 23.0 Å². The lowest BCUT2D eigenvalue weighted by atomic mass is 10.3. The second-order valence-electron chi connectivity index (χ2n) is 4.61. The highest BCUT2D eigenvalue weighted by Gasteiger charge is 2.04. The van der Waals surface area contributed by atoms with Crippen molar-refractivity contribution in [2.75, 3.05) is 24.7 Å². The second kappa shape index (κ2) is 8.81. The molecule has 2 rings (SSSR count). The summed E-state index contributed by atoms with van der Waals surface area (Å²) in [6.45, 7) is 1.01. The predicted octanol–water partition coefficient (Wildman–Crippen LogP) is 3.41. The summed E-state index contributed by atoms with van der Waals surface area (Å²) < 4.78 is 5.49. The minimum Gasteiger partial charge on any atom is -0.508 e. The molecule has 4 N–H and O–H groups in total. The number of ether oxygens (including phenoxy) is 1. The van der Waals surface area contributed by atoms with E-state index in [9.17, 15) is 20.4 Å². The van der Waals surface area contributed by atoms with E-state index in [0.29, 0.717) is 34.5 Å². The number of rotatable bonds is 8. The van der Waals surface area contributed by atoms with Gasteiger partial charge in [-0.3, -0.25) is 0 Å². The molecule has 0 radical (unpaired) electrons. The summed E-state index contributed by atoms with van der Waals surface area (Å²) in [5, 5.41) is 38.0. The Bertz CT molecular complexity index is 593. The molecule has 0 spiro atoms. The maximum atomic E-state index is 9.63. The van der Waals surface area contributed by atoms with Gasteiger partial charge in [0.25, 0.3) is 0 Å². The van der Waals surface area contributed by atoms with E-state index in [1.165, 1.54) is 59.9 Å². The minimum absolute atomic E-state index is 0.119. The van der Waals surface area contributed by atoms with Gasteiger partial charge in [-0.15, -0.1) is 23.5 Å². The molecule has 0 aromatic heterocycles. The van der Waals surface area contributed by atoms with Crippen molar-refractivity contribution in [1.29, 1.82) is 0 Å². The highest BCUT2D eigenvalue weighted by Crippen LogP contribution is 2.32. The Kier molecular flexibility index (Phi) is 6.76. The molecule has 0 heterocycles. The quantitative estimate of drug-likeness (QED) is 0.328. The third kappa shape index (κ3) is 5.78. The lowest BCUT2D eigenvalue weighted by Gasteiger charge is -2.07. The minimum atomic E-state index is 0.119. The van der Waals surface area contributed by atoms with Crippen molar-refractivity contribution in [3.63, 3.8) is 0 Å². The molecule has 0 fully saturated rings. The number of phenolic OH excluding ortho intramolecular Hbond substituents is 4. The molecular formula is C16H18O5S2. The average Bonchev–Trinajstić information content (AvgIpc) is 2.52. The third-order valence-electron chi connectivity index (χ3n) is 2.86. The maximum Gasteiger partial charge on any atom is 0.129 e. The van der Waals surface area contributed by atoms with Crippen molar-refractivity contribution in [1.82, 2.24) is 0 Å². The summed E-state index contributed by atoms with van der Waals surface area (Å²) in [6.07, 6.45) is 0. The molecule has 0 saturated heterocycles. The monoisotopic (exact) mass is 354 g/mol. The smallest absolute Gasteiger partial charge is 0.129 e. The fraction of sp³-hybridized carbons (Fsp3) is 0.250. The number of hydrogen-bond acceptors (Lipinski definition) is 7. The summed E-state index contributed by atoms with van der Waals surface area (Å²) in [6, 6.07) is 8.81. The standard InChI is InChI=1S/C16H18O5S2/c17-11-1-3-13(19)15(9-11)22-7-5-21-6-8-23-16-10-12(18)2-4-14(16)20/h1-4,9-10,17-20H,5-8H2. The molecule has 23 heavy (non-hydrogen) atoms. The molecule has 0 aliphatic rings. The molecule has 7 heteroatoms. The Morgan fingerprint density at radius 3 is 1.57 bits per heavy atom. The Morgan fingerprint density at radius 1 is 0.696 bits per heavy atom. The number of hydrogen-bond donors (Lipinski definition) is 4. The molecule has 0 amide bonds. The topological polar surface area (TPSA) is 90.2 Å².